The molecule has 0 aliphatic carbocycles. The molecule has 1 saturated heterocycles. The van der Waals surface area contributed by atoms with Crippen LogP contribution in [-0.4, -0.2) is 17.4 Å². The Labute approximate surface area is 117 Å². The van der Waals surface area contributed by atoms with Gasteiger partial charge in [-0.05, 0) is 17.5 Å². The fraction of sp³-hybridized carbons (Fsp3) is 0.235. The van der Waals surface area contributed by atoms with Crippen LogP contribution in [0, 0.1) is 0 Å². The van der Waals surface area contributed by atoms with Crippen LogP contribution in [0.2, 0.25) is 0 Å². The first-order chi connectivity index (χ1) is 9.84. The van der Waals surface area contributed by atoms with Gasteiger partial charge in [-0.25, -0.2) is 0 Å². The highest BCUT2D eigenvalue weighted by Crippen LogP contribution is 2.42. The van der Waals surface area contributed by atoms with Gasteiger partial charge >= 0.3 is 0 Å². The van der Waals surface area contributed by atoms with E-state index in [1.807, 2.05) is 47.4 Å². The number of hydrogen-bond donors (Lipinski definition) is 0. The Bertz CT molecular complexity index is 653. The number of nitrogens with zero attached hydrogens (tertiary/aromatic N) is 1. The number of benzene rings is 2. The van der Waals surface area contributed by atoms with E-state index in [2.05, 4.69) is 12.1 Å². The molecule has 2 aliphatic rings. The van der Waals surface area contributed by atoms with Crippen LogP contribution in [0.4, 0.5) is 0 Å². The molecule has 0 saturated carbocycles. The summed E-state index contributed by atoms with van der Waals surface area (Å²) in [6, 6.07) is 18.0. The standard InChI is InChI=1S/C17H15NO2/c19-16-15(13-7-2-1-3-8-13)20-17-14-9-5-4-6-12(14)10-11-18(16)17/h1-9,15,17H,10-11H2/t15-,17+/m1/s1. The molecule has 0 unspecified atom stereocenters. The van der Waals surface area contributed by atoms with E-state index < -0.39 is 6.10 Å². The van der Waals surface area contributed by atoms with Crippen molar-refractivity contribution in [2.45, 2.75) is 18.8 Å². The molecule has 20 heavy (non-hydrogen) atoms. The van der Waals surface area contributed by atoms with Gasteiger partial charge in [0.25, 0.3) is 5.91 Å². The van der Waals surface area contributed by atoms with E-state index in [1.54, 1.807) is 0 Å². The molecule has 0 bridgehead atoms. The SMILES string of the molecule is O=C1[C@@H](c2ccccc2)O[C@H]2c3ccccc3CCN12. The van der Waals surface area contributed by atoms with Crippen LogP contribution >= 0.6 is 0 Å². The van der Waals surface area contributed by atoms with E-state index in [-0.39, 0.29) is 12.1 Å². The van der Waals surface area contributed by atoms with Gasteiger partial charge in [-0.15, -0.1) is 0 Å². The molecule has 0 aromatic heterocycles. The minimum Gasteiger partial charge on any atom is -0.336 e. The summed E-state index contributed by atoms with van der Waals surface area (Å²) in [7, 11) is 0. The number of fused-ring (bicyclic) bond motifs is 3. The molecule has 0 N–H and O–H groups in total. The van der Waals surface area contributed by atoms with E-state index in [0.29, 0.717) is 0 Å². The highest BCUT2D eigenvalue weighted by atomic mass is 16.5. The van der Waals surface area contributed by atoms with Crippen LogP contribution in [-0.2, 0) is 16.0 Å². The molecule has 2 aromatic rings. The predicted octanol–water partition coefficient (Wildman–Crippen LogP) is 2.84. The molecule has 3 nitrogen and oxygen atoms in total. The normalized spacial score (nSPS) is 24.4. The molecule has 0 spiro atoms. The van der Waals surface area contributed by atoms with E-state index >= 15 is 0 Å². The van der Waals surface area contributed by atoms with Gasteiger partial charge in [0.1, 0.15) is 0 Å². The third-order valence-corrected chi connectivity index (χ3v) is 4.10. The Balaban J connectivity index is 1.72. The number of carbonyl (C=O) groups is 1. The molecule has 2 heterocycles. The lowest BCUT2D eigenvalue weighted by molar-refractivity contribution is -0.130. The number of carbonyl (C=O) groups excluding carboxylic acids is 1. The van der Waals surface area contributed by atoms with Crippen LogP contribution in [0.15, 0.2) is 54.6 Å². The summed E-state index contributed by atoms with van der Waals surface area (Å²) < 4.78 is 6.07. The third kappa shape index (κ3) is 1.67. The molecule has 100 valence electrons. The molecule has 4 rings (SSSR count). The molecule has 2 atom stereocenters. The van der Waals surface area contributed by atoms with Gasteiger partial charge in [-0.1, -0.05) is 54.6 Å². The Hall–Kier alpha value is -2.13. The average Bonchev–Trinajstić information content (AvgIpc) is 2.86. The van der Waals surface area contributed by atoms with Gasteiger partial charge in [0.05, 0.1) is 0 Å². The zero-order chi connectivity index (χ0) is 13.5. The van der Waals surface area contributed by atoms with Gasteiger partial charge in [0.15, 0.2) is 12.3 Å². The summed E-state index contributed by atoms with van der Waals surface area (Å²) in [4.78, 5) is 14.4. The first kappa shape index (κ1) is 11.7. The minimum absolute atomic E-state index is 0.0794. The summed E-state index contributed by atoms with van der Waals surface area (Å²) in [5.74, 6) is 0.0794. The fourth-order valence-corrected chi connectivity index (χ4v) is 3.09. The van der Waals surface area contributed by atoms with Crippen molar-refractivity contribution >= 4 is 5.91 Å². The monoisotopic (exact) mass is 265 g/mol. The van der Waals surface area contributed by atoms with Crippen molar-refractivity contribution in [2.24, 2.45) is 0 Å². The highest BCUT2D eigenvalue weighted by Gasteiger charge is 2.44. The van der Waals surface area contributed by atoms with Gasteiger partial charge in [-0.2, -0.15) is 0 Å². The van der Waals surface area contributed by atoms with Crippen molar-refractivity contribution in [3.8, 4) is 0 Å². The minimum atomic E-state index is -0.465. The fourth-order valence-electron chi connectivity index (χ4n) is 3.09. The average molecular weight is 265 g/mol. The topological polar surface area (TPSA) is 29.5 Å². The second-order valence-corrected chi connectivity index (χ2v) is 5.26. The summed E-state index contributed by atoms with van der Waals surface area (Å²) in [6.45, 7) is 0.740. The van der Waals surface area contributed by atoms with Crippen LogP contribution in [0.25, 0.3) is 0 Å². The Morgan fingerprint density at radius 3 is 2.60 bits per heavy atom. The maximum atomic E-state index is 12.6. The van der Waals surface area contributed by atoms with E-state index in [1.165, 1.54) is 5.56 Å². The number of rotatable bonds is 1. The van der Waals surface area contributed by atoms with Crippen LogP contribution in [0.3, 0.4) is 0 Å². The predicted molar refractivity (Wildman–Crippen MR) is 74.9 cm³/mol. The lowest BCUT2D eigenvalue weighted by Gasteiger charge is -2.30. The van der Waals surface area contributed by atoms with Crippen LogP contribution in [0.1, 0.15) is 29.0 Å². The number of ether oxygens (including phenoxy) is 1. The van der Waals surface area contributed by atoms with Gasteiger partial charge < -0.3 is 9.64 Å². The third-order valence-electron chi connectivity index (χ3n) is 4.10. The lowest BCUT2D eigenvalue weighted by Crippen LogP contribution is -2.35. The molecule has 0 radical (unpaired) electrons. The Kier molecular flexibility index (Phi) is 2.60. The lowest BCUT2D eigenvalue weighted by atomic mass is 9.98. The molecule has 2 aliphatic heterocycles. The number of amides is 1. The highest BCUT2D eigenvalue weighted by molar-refractivity contribution is 5.84. The molecule has 1 amide bonds. The maximum absolute atomic E-state index is 12.6. The van der Waals surface area contributed by atoms with E-state index in [4.69, 9.17) is 4.74 Å². The van der Waals surface area contributed by atoms with Gasteiger partial charge in [0.2, 0.25) is 0 Å². The van der Waals surface area contributed by atoms with Crippen LogP contribution < -0.4 is 0 Å². The first-order valence-electron chi connectivity index (χ1n) is 6.93. The Morgan fingerprint density at radius 2 is 1.75 bits per heavy atom. The molecular weight excluding hydrogens is 250 g/mol. The maximum Gasteiger partial charge on any atom is 0.258 e. The largest absolute Gasteiger partial charge is 0.336 e. The quantitative estimate of drug-likeness (QED) is 0.793. The summed E-state index contributed by atoms with van der Waals surface area (Å²) in [5, 5.41) is 0. The second kappa shape index (κ2) is 4.46. The van der Waals surface area contributed by atoms with Crippen molar-refractivity contribution in [2.75, 3.05) is 6.54 Å². The molecule has 1 fully saturated rings. The van der Waals surface area contributed by atoms with Crippen molar-refractivity contribution in [1.82, 2.24) is 4.90 Å². The molecular formula is C17H15NO2. The number of hydrogen-bond acceptors (Lipinski definition) is 2. The van der Waals surface area contributed by atoms with Gasteiger partial charge in [0, 0.05) is 12.1 Å². The van der Waals surface area contributed by atoms with E-state index in [9.17, 15) is 4.79 Å². The molecule has 2 aromatic carbocycles. The summed E-state index contributed by atoms with van der Waals surface area (Å²) >= 11 is 0. The van der Waals surface area contributed by atoms with Crippen molar-refractivity contribution in [3.05, 3.63) is 71.3 Å². The smallest absolute Gasteiger partial charge is 0.258 e. The van der Waals surface area contributed by atoms with Crippen LogP contribution in [0.5, 0.6) is 0 Å². The summed E-state index contributed by atoms with van der Waals surface area (Å²) in [5.41, 5.74) is 3.35. The zero-order valence-corrected chi connectivity index (χ0v) is 11.0. The van der Waals surface area contributed by atoms with Gasteiger partial charge in [-0.3, -0.25) is 4.79 Å². The second-order valence-electron chi connectivity index (χ2n) is 5.26. The van der Waals surface area contributed by atoms with E-state index in [0.717, 1.165) is 24.1 Å². The first-order valence-corrected chi connectivity index (χ1v) is 6.93. The van der Waals surface area contributed by atoms with Crippen molar-refractivity contribution in [3.63, 3.8) is 0 Å². The summed E-state index contributed by atoms with van der Waals surface area (Å²) in [6.07, 6.45) is 0.216. The molecule has 3 heteroatoms. The van der Waals surface area contributed by atoms with Crippen molar-refractivity contribution in [1.29, 1.82) is 0 Å². The van der Waals surface area contributed by atoms with Crippen molar-refractivity contribution < 1.29 is 9.53 Å². The zero-order valence-electron chi connectivity index (χ0n) is 11.0. The Morgan fingerprint density at radius 1 is 1.00 bits per heavy atom.